The molecular formula is C35H30N14O2. The summed E-state index contributed by atoms with van der Waals surface area (Å²) >= 11 is 0. The maximum atomic E-state index is 10.8. The lowest BCUT2D eigenvalue weighted by molar-refractivity contribution is 0.249. The second kappa shape index (κ2) is 14.1. The lowest BCUT2D eigenvalue weighted by atomic mass is 10.1. The van der Waals surface area contributed by atoms with E-state index < -0.39 is 6.03 Å². The van der Waals surface area contributed by atoms with Gasteiger partial charge >= 0.3 is 6.03 Å². The van der Waals surface area contributed by atoms with Gasteiger partial charge in [-0.05, 0) is 85.6 Å². The van der Waals surface area contributed by atoms with Gasteiger partial charge in [0.05, 0.1) is 41.2 Å². The fourth-order valence-electron chi connectivity index (χ4n) is 5.36. The number of aromatic nitrogens is 10. The van der Waals surface area contributed by atoms with Gasteiger partial charge in [0.25, 0.3) is 0 Å². The summed E-state index contributed by atoms with van der Waals surface area (Å²) in [6, 6.07) is 26.5. The van der Waals surface area contributed by atoms with Gasteiger partial charge in [-0.2, -0.15) is 5.10 Å². The number of oxime groups is 1. The molecule has 0 aliphatic heterocycles. The highest BCUT2D eigenvalue weighted by Gasteiger charge is 2.12. The molecule has 0 saturated carbocycles. The molecule has 6 heterocycles. The Labute approximate surface area is 289 Å². The number of nitrogens with zero attached hydrogens (tertiary/aromatic N) is 12. The molecule has 0 aliphatic rings. The molecule has 16 heteroatoms. The second-order valence-corrected chi connectivity index (χ2v) is 11.5. The van der Waals surface area contributed by atoms with Crippen molar-refractivity contribution in [3.8, 4) is 0 Å². The molecule has 51 heavy (non-hydrogen) atoms. The van der Waals surface area contributed by atoms with Crippen molar-refractivity contribution >= 4 is 61.6 Å². The van der Waals surface area contributed by atoms with Gasteiger partial charge in [-0.3, -0.25) is 9.97 Å². The lowest BCUT2D eigenvalue weighted by Gasteiger charge is -2.05. The fourth-order valence-corrected chi connectivity index (χ4v) is 5.36. The molecule has 0 saturated heterocycles. The van der Waals surface area contributed by atoms with Crippen LogP contribution in [-0.4, -0.2) is 72.6 Å². The molecule has 4 N–H and O–H groups in total. The number of nitrogens with two attached hydrogens (primary N) is 1. The average molecular weight is 679 g/mol. The minimum Gasteiger partial charge on any atom is -0.411 e. The number of hydrogen-bond acceptors (Lipinski definition) is 12. The van der Waals surface area contributed by atoms with E-state index in [-0.39, 0.29) is 0 Å². The zero-order valence-electron chi connectivity index (χ0n) is 27.5. The predicted molar refractivity (Wildman–Crippen MR) is 191 cm³/mol. The number of benzene rings is 2. The number of hydrogen-bond donors (Lipinski definition) is 3. The minimum atomic E-state index is -0.729. The Morgan fingerprint density at radius 2 is 1.20 bits per heavy atom. The summed E-state index contributed by atoms with van der Waals surface area (Å²) in [4.78, 5) is 28.5. The molecule has 0 radical (unpaired) electrons. The van der Waals surface area contributed by atoms with Crippen LogP contribution in [0, 0.1) is 0 Å². The van der Waals surface area contributed by atoms with Gasteiger partial charge in [-0.25, -0.2) is 29.6 Å². The van der Waals surface area contributed by atoms with Gasteiger partial charge in [-0.1, -0.05) is 39.8 Å². The van der Waals surface area contributed by atoms with Crippen LogP contribution in [-0.2, 0) is 13.1 Å². The maximum Gasteiger partial charge on any atom is 0.332 e. The highest BCUT2D eigenvalue weighted by Crippen LogP contribution is 2.18. The van der Waals surface area contributed by atoms with Gasteiger partial charge in [0.1, 0.15) is 16.7 Å². The zero-order chi connectivity index (χ0) is 35.3. The second-order valence-electron chi connectivity index (χ2n) is 11.5. The first-order valence-corrected chi connectivity index (χ1v) is 15.7. The SMILES string of the molecule is CC(=NNC(N)=O)c1ccc2nnn(Cc3ccc4ncccc4c3)c2n1.CC(=NO)c1ccc2nnn(Cc3ccc4ncccc4c3)c2n1. The molecule has 8 rings (SSSR count). The molecule has 0 bridgehead atoms. The molecule has 0 spiro atoms. The molecule has 252 valence electrons. The van der Waals surface area contributed by atoms with E-state index in [1.807, 2.05) is 60.7 Å². The monoisotopic (exact) mass is 678 g/mol. The average Bonchev–Trinajstić information content (AvgIpc) is 3.76. The molecule has 8 aromatic rings. The summed E-state index contributed by atoms with van der Waals surface area (Å²) in [6.07, 6.45) is 3.55. The summed E-state index contributed by atoms with van der Waals surface area (Å²) < 4.78 is 3.46. The summed E-state index contributed by atoms with van der Waals surface area (Å²) in [5.41, 5.74) is 16.1. The number of hydrazone groups is 1. The van der Waals surface area contributed by atoms with Crippen molar-refractivity contribution in [2.24, 2.45) is 16.0 Å². The van der Waals surface area contributed by atoms with Gasteiger partial charge in [0.15, 0.2) is 11.3 Å². The lowest BCUT2D eigenvalue weighted by Crippen LogP contribution is -2.25. The first kappa shape index (κ1) is 32.3. The van der Waals surface area contributed by atoms with Crippen molar-refractivity contribution in [3.05, 3.63) is 120 Å². The molecule has 0 unspecified atom stereocenters. The van der Waals surface area contributed by atoms with Crippen LogP contribution in [0.25, 0.3) is 44.1 Å². The van der Waals surface area contributed by atoms with Crippen LogP contribution in [0.4, 0.5) is 4.79 Å². The Kier molecular flexibility index (Phi) is 8.93. The topological polar surface area (TPSA) is 213 Å². The van der Waals surface area contributed by atoms with E-state index in [9.17, 15) is 4.79 Å². The number of urea groups is 1. The summed E-state index contributed by atoms with van der Waals surface area (Å²) in [7, 11) is 0. The molecular weight excluding hydrogens is 648 g/mol. The number of primary amides is 1. The van der Waals surface area contributed by atoms with Crippen molar-refractivity contribution < 1.29 is 10.0 Å². The van der Waals surface area contributed by atoms with E-state index in [4.69, 9.17) is 10.9 Å². The summed E-state index contributed by atoms with van der Waals surface area (Å²) in [5.74, 6) is 0. The molecule has 0 atom stereocenters. The number of carbonyl (C=O) groups is 1. The first-order chi connectivity index (χ1) is 24.8. The first-order valence-electron chi connectivity index (χ1n) is 15.7. The molecule has 16 nitrogen and oxygen atoms in total. The third-order valence-corrected chi connectivity index (χ3v) is 7.94. The largest absolute Gasteiger partial charge is 0.411 e. The van der Waals surface area contributed by atoms with Gasteiger partial charge in [0.2, 0.25) is 0 Å². The van der Waals surface area contributed by atoms with Crippen molar-refractivity contribution in [1.82, 2.24) is 55.3 Å². The zero-order valence-corrected chi connectivity index (χ0v) is 27.5. The van der Waals surface area contributed by atoms with Crippen LogP contribution < -0.4 is 11.2 Å². The van der Waals surface area contributed by atoms with E-state index in [2.05, 4.69) is 68.4 Å². The van der Waals surface area contributed by atoms with E-state index in [1.165, 1.54) is 0 Å². The standard InChI is InChI=1S/C18H16N8O.C17H14N6O/c1-11(22-24-18(19)27)14-6-7-16-17(21-14)26(25-23-16)10-12-4-5-15-13(9-12)3-2-8-20-15;1-11(21-24)14-6-7-16-17(19-14)23(22-20-16)10-12-4-5-15-13(9-12)3-2-8-18-15/h2-9H,10H2,1H3,(H3,19,24,27);2-9,24H,10H2,1H3. The van der Waals surface area contributed by atoms with Crippen LogP contribution in [0.2, 0.25) is 0 Å². The van der Waals surface area contributed by atoms with Gasteiger partial charge in [0, 0.05) is 23.2 Å². The number of rotatable bonds is 7. The Bertz CT molecular complexity index is 2610. The van der Waals surface area contributed by atoms with Crippen molar-refractivity contribution in [2.45, 2.75) is 26.9 Å². The third kappa shape index (κ3) is 7.14. The van der Waals surface area contributed by atoms with Crippen LogP contribution >= 0.6 is 0 Å². The quantitative estimate of drug-likeness (QED) is 0.122. The van der Waals surface area contributed by atoms with Gasteiger partial charge in [-0.15, -0.1) is 10.2 Å². The minimum absolute atomic E-state index is 0.446. The predicted octanol–water partition coefficient (Wildman–Crippen LogP) is 4.44. The van der Waals surface area contributed by atoms with Crippen molar-refractivity contribution in [3.63, 3.8) is 0 Å². The normalized spacial score (nSPS) is 12.0. The Morgan fingerprint density at radius 1 is 0.706 bits per heavy atom. The molecule has 2 amide bonds. The summed E-state index contributed by atoms with van der Waals surface area (Å²) in [5, 5.41) is 34.9. The van der Waals surface area contributed by atoms with E-state index in [0.717, 1.165) is 32.9 Å². The molecule has 0 fully saturated rings. The maximum absolute atomic E-state index is 10.8. The number of nitrogens with one attached hydrogen (secondary N) is 1. The summed E-state index contributed by atoms with van der Waals surface area (Å²) in [6.45, 7) is 4.49. The van der Waals surface area contributed by atoms with E-state index >= 15 is 0 Å². The van der Waals surface area contributed by atoms with E-state index in [1.54, 1.807) is 47.7 Å². The number of pyridine rings is 4. The highest BCUT2D eigenvalue weighted by atomic mass is 16.4. The van der Waals surface area contributed by atoms with Crippen LogP contribution in [0.1, 0.15) is 36.4 Å². The number of fused-ring (bicyclic) bond motifs is 4. The van der Waals surface area contributed by atoms with Crippen LogP contribution in [0.5, 0.6) is 0 Å². The number of carbonyl (C=O) groups excluding carboxylic acids is 1. The highest BCUT2D eigenvalue weighted by molar-refractivity contribution is 5.99. The Balaban J connectivity index is 0.000000160. The van der Waals surface area contributed by atoms with Gasteiger partial charge < -0.3 is 10.9 Å². The molecule has 0 aliphatic carbocycles. The van der Waals surface area contributed by atoms with Crippen LogP contribution in [0.3, 0.4) is 0 Å². The molecule has 2 aromatic carbocycles. The number of amides is 2. The molecule has 6 aromatic heterocycles. The fraction of sp³-hybridized carbons (Fsp3) is 0.114. The smallest absolute Gasteiger partial charge is 0.332 e. The third-order valence-electron chi connectivity index (χ3n) is 7.94. The Morgan fingerprint density at radius 3 is 1.69 bits per heavy atom. The van der Waals surface area contributed by atoms with Crippen molar-refractivity contribution in [2.75, 3.05) is 0 Å². The Hall–Kier alpha value is -7.23. The van der Waals surface area contributed by atoms with Crippen molar-refractivity contribution in [1.29, 1.82) is 0 Å². The van der Waals surface area contributed by atoms with Crippen LogP contribution in [0.15, 0.2) is 108 Å². The van der Waals surface area contributed by atoms with E-state index in [0.29, 0.717) is 58.2 Å².